The lowest BCUT2D eigenvalue weighted by Gasteiger charge is -2.43. The van der Waals surface area contributed by atoms with Crippen LogP contribution in [-0.4, -0.2) is 20.2 Å². The largest absolute Gasteiger partial charge is 0.415 e. The van der Waals surface area contributed by atoms with E-state index >= 15 is 0 Å². The van der Waals surface area contributed by atoms with Crippen LogP contribution in [0, 0.1) is 17.5 Å². The summed E-state index contributed by atoms with van der Waals surface area (Å²) in [7, 11) is 0. The topological polar surface area (TPSA) is 76.7 Å². The average Bonchev–Trinajstić information content (AvgIpc) is 3.13. The molecule has 0 radical (unpaired) electrons. The number of anilines is 1. The van der Waals surface area contributed by atoms with Gasteiger partial charge in [-0.2, -0.15) is 8.78 Å². The number of hydrogen-bond acceptors (Lipinski definition) is 6. The van der Waals surface area contributed by atoms with E-state index in [1.165, 1.54) is 12.4 Å². The smallest absolute Gasteiger partial charge is 0.314 e. The zero-order chi connectivity index (χ0) is 19.9. The van der Waals surface area contributed by atoms with Gasteiger partial charge in [-0.25, -0.2) is 23.1 Å². The van der Waals surface area contributed by atoms with Crippen molar-refractivity contribution < 1.29 is 26.4 Å². The number of halogens is 5. The van der Waals surface area contributed by atoms with Crippen LogP contribution >= 0.6 is 0 Å². The summed E-state index contributed by atoms with van der Waals surface area (Å²) in [5.74, 6) is -4.17. The summed E-state index contributed by atoms with van der Waals surface area (Å²) in [6, 6.07) is 1.34. The Morgan fingerprint density at radius 1 is 0.966 bits per heavy atom. The summed E-state index contributed by atoms with van der Waals surface area (Å²) >= 11 is 0. The van der Waals surface area contributed by atoms with Crippen LogP contribution in [-0.2, 0) is 5.54 Å². The quantitative estimate of drug-likeness (QED) is 0.468. The van der Waals surface area contributed by atoms with Gasteiger partial charge in [0.05, 0.1) is 11.1 Å². The van der Waals surface area contributed by atoms with Gasteiger partial charge in [0.2, 0.25) is 5.95 Å². The molecule has 0 unspecified atom stereocenters. The minimum Gasteiger partial charge on any atom is -0.415 e. The first-order chi connectivity index (χ1) is 13.4. The Morgan fingerprint density at radius 2 is 1.62 bits per heavy atom. The maximum Gasteiger partial charge on any atom is 0.314 e. The maximum absolute atomic E-state index is 14.2. The fourth-order valence-corrected chi connectivity index (χ4v) is 3.04. The predicted molar refractivity (Wildman–Crippen MR) is 92.5 cm³/mol. The maximum atomic E-state index is 14.2. The van der Waals surface area contributed by atoms with E-state index in [4.69, 9.17) is 4.42 Å². The van der Waals surface area contributed by atoms with Gasteiger partial charge in [-0.15, -0.1) is 10.2 Å². The van der Waals surface area contributed by atoms with Crippen molar-refractivity contribution in [1.82, 2.24) is 20.2 Å². The number of hydrogen-bond donors (Lipinski definition) is 1. The molecule has 6 nitrogen and oxygen atoms in total. The summed E-state index contributed by atoms with van der Waals surface area (Å²) in [5.41, 5.74) is -0.761. The zero-order valence-corrected chi connectivity index (χ0v) is 14.1. The molecule has 0 aliphatic heterocycles. The molecule has 1 fully saturated rings. The Balaban J connectivity index is 0.00000240. The van der Waals surface area contributed by atoms with Crippen molar-refractivity contribution in [2.24, 2.45) is 0 Å². The van der Waals surface area contributed by atoms with Crippen LogP contribution in [0.15, 0.2) is 28.9 Å². The van der Waals surface area contributed by atoms with E-state index in [1.54, 1.807) is 0 Å². The first-order valence-corrected chi connectivity index (χ1v) is 8.25. The molecule has 0 amide bonds. The molecule has 29 heavy (non-hydrogen) atoms. The van der Waals surface area contributed by atoms with Gasteiger partial charge in [0.1, 0.15) is 5.82 Å². The van der Waals surface area contributed by atoms with Crippen molar-refractivity contribution in [3.05, 3.63) is 53.4 Å². The van der Waals surface area contributed by atoms with E-state index in [9.17, 15) is 22.0 Å². The second-order valence-electron chi connectivity index (χ2n) is 6.35. The molecule has 2 aromatic heterocycles. The third kappa shape index (κ3) is 3.76. The van der Waals surface area contributed by atoms with Crippen molar-refractivity contribution in [2.75, 3.05) is 5.32 Å². The molecular weight excluding hydrogens is 397 g/mol. The van der Waals surface area contributed by atoms with Gasteiger partial charge in [-0.05, 0) is 25.3 Å². The lowest BCUT2D eigenvalue weighted by atomic mass is 9.71. The number of benzene rings is 1. The average molecular weight is 413 g/mol. The van der Waals surface area contributed by atoms with Crippen LogP contribution in [0.25, 0.3) is 11.5 Å². The monoisotopic (exact) mass is 413 g/mol. The summed E-state index contributed by atoms with van der Waals surface area (Å²) in [6.07, 6.45) is 1.34. The summed E-state index contributed by atoms with van der Waals surface area (Å²) < 4.78 is 70.9. The Labute approximate surface area is 162 Å². The van der Waals surface area contributed by atoms with Crippen molar-refractivity contribution >= 4 is 5.95 Å². The van der Waals surface area contributed by atoms with Crippen molar-refractivity contribution in [3.63, 3.8) is 0 Å². The van der Waals surface area contributed by atoms with Gasteiger partial charge in [0.15, 0.2) is 11.6 Å². The lowest BCUT2D eigenvalue weighted by molar-refractivity contribution is 0.116. The van der Waals surface area contributed by atoms with Crippen molar-refractivity contribution in [3.8, 4) is 11.5 Å². The predicted octanol–water partition coefficient (Wildman–Crippen LogP) is 5.01. The Hall–Kier alpha value is -3.11. The second-order valence-corrected chi connectivity index (χ2v) is 6.35. The molecule has 3 aromatic rings. The van der Waals surface area contributed by atoms with Gasteiger partial charge < -0.3 is 9.73 Å². The summed E-state index contributed by atoms with van der Waals surface area (Å²) in [4.78, 5) is 8.09. The fourth-order valence-electron chi connectivity index (χ4n) is 3.04. The minimum atomic E-state index is -2.90. The van der Waals surface area contributed by atoms with E-state index in [0.717, 1.165) is 12.5 Å². The number of rotatable bonds is 5. The third-order valence-electron chi connectivity index (χ3n) is 4.61. The molecule has 1 N–H and O–H groups in total. The highest BCUT2D eigenvalue weighted by atomic mass is 19.3. The molecule has 0 atom stereocenters. The first kappa shape index (κ1) is 20.6. The van der Waals surface area contributed by atoms with Crippen molar-refractivity contribution in [1.29, 1.82) is 0 Å². The molecular formula is C18H16F5N5O. The summed E-state index contributed by atoms with van der Waals surface area (Å²) in [5, 5.41) is 9.67. The van der Waals surface area contributed by atoms with Gasteiger partial charge in [0.25, 0.3) is 11.8 Å². The fraction of sp³-hybridized carbons (Fsp3) is 0.333. The third-order valence-corrected chi connectivity index (χ3v) is 4.61. The highest BCUT2D eigenvalue weighted by Gasteiger charge is 2.42. The Kier molecular flexibility index (Phi) is 5.49. The van der Waals surface area contributed by atoms with Crippen LogP contribution in [0.3, 0.4) is 0 Å². The lowest BCUT2D eigenvalue weighted by Crippen LogP contribution is -2.43. The molecule has 1 aromatic carbocycles. The molecule has 154 valence electrons. The molecule has 1 saturated carbocycles. The molecule has 11 heteroatoms. The number of alkyl halides is 2. The number of nitrogens with one attached hydrogen (secondary N) is 1. The van der Waals surface area contributed by atoms with Crippen LogP contribution in [0.5, 0.6) is 0 Å². The van der Waals surface area contributed by atoms with Gasteiger partial charge in [0, 0.05) is 24.0 Å². The molecule has 0 bridgehead atoms. The van der Waals surface area contributed by atoms with Gasteiger partial charge in [-0.1, -0.05) is 7.43 Å². The van der Waals surface area contributed by atoms with E-state index in [-0.39, 0.29) is 30.4 Å². The highest BCUT2D eigenvalue weighted by Crippen LogP contribution is 2.45. The van der Waals surface area contributed by atoms with Crippen LogP contribution in [0.1, 0.15) is 44.6 Å². The van der Waals surface area contributed by atoms with Crippen molar-refractivity contribution in [2.45, 2.75) is 38.7 Å². The standard InChI is InChI=1S/C17H12F5N5O.CH4/c18-10-5-12(20)11(19)4-9(10)17(2-1-3-17)25-16-23-6-8(7-24-16)14-26-27-15(28-14)13(21)22;/h4-7,13H,1-3H2,(H,23,24,25);1H4. The number of nitrogens with zero attached hydrogens (tertiary/aromatic N) is 4. The van der Waals surface area contributed by atoms with Crippen LogP contribution in [0.2, 0.25) is 0 Å². The second kappa shape index (κ2) is 7.72. The van der Waals surface area contributed by atoms with E-state index in [2.05, 4.69) is 25.5 Å². The normalized spacial score (nSPS) is 15.0. The van der Waals surface area contributed by atoms with E-state index < -0.39 is 35.3 Å². The highest BCUT2D eigenvalue weighted by molar-refractivity contribution is 5.51. The molecule has 0 spiro atoms. The SMILES string of the molecule is C.Fc1cc(F)c(C2(Nc3ncc(-c4nnc(C(F)F)o4)cn3)CCC2)cc1F. The van der Waals surface area contributed by atoms with Crippen LogP contribution in [0.4, 0.5) is 27.9 Å². The molecule has 2 heterocycles. The summed E-state index contributed by atoms with van der Waals surface area (Å²) in [6.45, 7) is 0. The Morgan fingerprint density at radius 3 is 2.17 bits per heavy atom. The molecule has 1 aliphatic rings. The number of aromatic nitrogens is 4. The van der Waals surface area contributed by atoms with Crippen LogP contribution < -0.4 is 5.32 Å². The van der Waals surface area contributed by atoms with E-state index in [1.807, 2.05) is 0 Å². The minimum absolute atomic E-state index is 0. The van der Waals surface area contributed by atoms with E-state index in [0.29, 0.717) is 18.9 Å². The Bertz CT molecular complexity index is 1000. The van der Waals surface area contributed by atoms with Gasteiger partial charge >= 0.3 is 6.43 Å². The molecule has 1 aliphatic carbocycles. The van der Waals surface area contributed by atoms with Gasteiger partial charge in [-0.3, -0.25) is 0 Å². The first-order valence-electron chi connectivity index (χ1n) is 8.25. The molecule has 4 rings (SSSR count). The molecule has 0 saturated heterocycles. The zero-order valence-electron chi connectivity index (χ0n) is 14.1.